The van der Waals surface area contributed by atoms with Gasteiger partial charge in [-0.1, -0.05) is 23.7 Å². The molecule has 1 unspecified atom stereocenters. The molecule has 0 spiro atoms. The number of aromatic nitrogens is 5. The second-order valence-corrected chi connectivity index (χ2v) is 7.41. The summed E-state index contributed by atoms with van der Waals surface area (Å²) < 4.78 is 85.7. The summed E-state index contributed by atoms with van der Waals surface area (Å²) in [5.41, 5.74) is -2.38. The molecule has 0 saturated heterocycles. The lowest BCUT2D eigenvalue weighted by Crippen LogP contribution is -2.30. The van der Waals surface area contributed by atoms with Gasteiger partial charge in [0.15, 0.2) is 0 Å². The molecule has 0 amide bonds. The molecule has 0 aliphatic heterocycles. The standard InChI is InChI=1S/C20H12ClF6N5/c21-13-3-5-17-11(7-13)1-6-18(29-17)19(23,24)15(9-32-10-28-30-31-32)14-4-2-12(8-16(14)22)20(25,26)27/h1-8,10,15H,9H2. The van der Waals surface area contributed by atoms with Gasteiger partial charge in [0.1, 0.15) is 17.8 Å². The Balaban J connectivity index is 1.82. The van der Waals surface area contributed by atoms with E-state index in [2.05, 4.69) is 20.5 Å². The molecule has 2 aromatic heterocycles. The molecule has 0 fully saturated rings. The Morgan fingerprint density at radius 1 is 0.969 bits per heavy atom. The fraction of sp³-hybridized carbons (Fsp3) is 0.200. The largest absolute Gasteiger partial charge is 0.416 e. The minimum atomic E-state index is -4.83. The van der Waals surface area contributed by atoms with Crippen LogP contribution in [-0.4, -0.2) is 25.2 Å². The zero-order valence-corrected chi connectivity index (χ0v) is 16.6. The van der Waals surface area contributed by atoms with Crippen LogP contribution in [0.1, 0.15) is 22.7 Å². The smallest absolute Gasteiger partial charge is 0.246 e. The molecule has 0 radical (unpaired) electrons. The molecule has 12 heteroatoms. The number of pyridine rings is 1. The van der Waals surface area contributed by atoms with Crippen LogP contribution in [0.25, 0.3) is 10.9 Å². The van der Waals surface area contributed by atoms with Gasteiger partial charge in [0.25, 0.3) is 5.92 Å². The highest BCUT2D eigenvalue weighted by molar-refractivity contribution is 6.31. The van der Waals surface area contributed by atoms with Gasteiger partial charge in [-0.25, -0.2) is 14.1 Å². The zero-order chi connectivity index (χ0) is 23.1. The summed E-state index contributed by atoms with van der Waals surface area (Å²) in [6, 6.07) is 8.35. The summed E-state index contributed by atoms with van der Waals surface area (Å²) in [7, 11) is 0. The number of alkyl halides is 5. The van der Waals surface area contributed by atoms with Crippen molar-refractivity contribution in [3.8, 4) is 0 Å². The third-order valence-electron chi connectivity index (χ3n) is 4.89. The number of hydrogen-bond acceptors (Lipinski definition) is 4. The molecule has 2 aromatic carbocycles. The predicted octanol–water partition coefficient (Wildman–Crippen LogP) is 5.61. The van der Waals surface area contributed by atoms with Crippen molar-refractivity contribution in [2.45, 2.75) is 24.6 Å². The molecule has 0 aliphatic carbocycles. The first-order chi connectivity index (χ1) is 15.1. The molecule has 0 aliphatic rings. The van der Waals surface area contributed by atoms with Crippen LogP contribution in [0.4, 0.5) is 26.3 Å². The third kappa shape index (κ3) is 4.24. The van der Waals surface area contributed by atoms with Gasteiger partial charge in [-0.2, -0.15) is 22.0 Å². The molecule has 1 atom stereocenters. The highest BCUT2D eigenvalue weighted by Crippen LogP contribution is 2.44. The van der Waals surface area contributed by atoms with Gasteiger partial charge in [0, 0.05) is 10.4 Å². The van der Waals surface area contributed by atoms with Gasteiger partial charge >= 0.3 is 6.18 Å². The van der Waals surface area contributed by atoms with Crippen molar-refractivity contribution in [1.29, 1.82) is 0 Å². The van der Waals surface area contributed by atoms with Crippen LogP contribution >= 0.6 is 11.6 Å². The number of halogens is 7. The van der Waals surface area contributed by atoms with E-state index in [0.717, 1.165) is 17.1 Å². The van der Waals surface area contributed by atoms with Gasteiger partial charge in [-0.05, 0) is 52.4 Å². The van der Waals surface area contributed by atoms with Crippen LogP contribution < -0.4 is 0 Å². The normalized spacial score (nSPS) is 13.5. The Labute approximate surface area is 181 Å². The highest BCUT2D eigenvalue weighted by atomic mass is 35.5. The second-order valence-electron chi connectivity index (χ2n) is 6.97. The van der Waals surface area contributed by atoms with Gasteiger partial charge in [-0.3, -0.25) is 0 Å². The van der Waals surface area contributed by atoms with E-state index < -0.39 is 47.2 Å². The SMILES string of the molecule is Fc1cc(C(F)(F)F)ccc1C(Cn1cnnn1)C(F)(F)c1ccc2cc(Cl)ccc2n1. The Kier molecular flexibility index (Phi) is 5.53. The van der Waals surface area contributed by atoms with E-state index in [9.17, 15) is 17.6 Å². The zero-order valence-electron chi connectivity index (χ0n) is 15.9. The molecule has 0 N–H and O–H groups in total. The minimum absolute atomic E-state index is 0.188. The fourth-order valence-corrected chi connectivity index (χ4v) is 3.49. The molecule has 0 bridgehead atoms. The van der Waals surface area contributed by atoms with E-state index in [1.54, 1.807) is 6.07 Å². The summed E-state index contributed by atoms with van der Waals surface area (Å²) in [6.07, 6.45) is -3.78. The monoisotopic (exact) mass is 471 g/mol. The number of nitrogens with zero attached hydrogens (tertiary/aromatic N) is 5. The third-order valence-corrected chi connectivity index (χ3v) is 5.13. The number of rotatable bonds is 5. The van der Waals surface area contributed by atoms with Crippen LogP contribution in [0, 0.1) is 5.82 Å². The first kappa shape index (κ1) is 22.0. The molecule has 4 rings (SSSR count). The van der Waals surface area contributed by atoms with E-state index in [-0.39, 0.29) is 11.6 Å². The van der Waals surface area contributed by atoms with Crippen LogP contribution in [0.5, 0.6) is 0 Å². The van der Waals surface area contributed by atoms with Crippen molar-refractivity contribution in [2.24, 2.45) is 0 Å². The molecule has 2 heterocycles. The van der Waals surface area contributed by atoms with Crippen molar-refractivity contribution >= 4 is 22.5 Å². The van der Waals surface area contributed by atoms with Crippen molar-refractivity contribution < 1.29 is 26.3 Å². The van der Waals surface area contributed by atoms with Crippen molar-refractivity contribution in [3.05, 3.63) is 82.5 Å². The van der Waals surface area contributed by atoms with E-state index >= 15 is 8.78 Å². The Morgan fingerprint density at radius 3 is 2.41 bits per heavy atom. The minimum Gasteiger partial charge on any atom is -0.246 e. The van der Waals surface area contributed by atoms with Crippen LogP contribution in [0.3, 0.4) is 0 Å². The lowest BCUT2D eigenvalue weighted by atomic mass is 9.88. The van der Waals surface area contributed by atoms with E-state index in [4.69, 9.17) is 11.6 Å². The maximum atomic E-state index is 15.7. The summed E-state index contributed by atoms with van der Waals surface area (Å²) in [5.74, 6) is -7.17. The number of hydrogen-bond donors (Lipinski definition) is 0. The lowest BCUT2D eigenvalue weighted by Gasteiger charge is -2.27. The number of tetrazole rings is 1. The quantitative estimate of drug-likeness (QED) is 0.355. The van der Waals surface area contributed by atoms with Gasteiger partial charge in [0.05, 0.1) is 23.5 Å². The van der Waals surface area contributed by atoms with Crippen molar-refractivity contribution in [2.75, 3.05) is 0 Å². The predicted molar refractivity (Wildman–Crippen MR) is 103 cm³/mol. The molecular formula is C20H12ClF6N5. The van der Waals surface area contributed by atoms with Crippen molar-refractivity contribution in [1.82, 2.24) is 25.2 Å². The maximum absolute atomic E-state index is 15.7. The summed E-state index contributed by atoms with van der Waals surface area (Å²) in [4.78, 5) is 3.98. The Hall–Kier alpha value is -3.21. The lowest BCUT2D eigenvalue weighted by molar-refractivity contribution is -0.137. The first-order valence-electron chi connectivity index (χ1n) is 9.08. The summed E-state index contributed by atoms with van der Waals surface area (Å²) in [6.45, 7) is -0.609. The van der Waals surface area contributed by atoms with Crippen LogP contribution in [-0.2, 0) is 18.6 Å². The van der Waals surface area contributed by atoms with E-state index in [1.807, 2.05) is 0 Å². The topological polar surface area (TPSA) is 56.5 Å². The molecule has 4 aromatic rings. The van der Waals surface area contributed by atoms with E-state index in [1.165, 1.54) is 18.2 Å². The molecular weight excluding hydrogens is 460 g/mol. The van der Waals surface area contributed by atoms with Gasteiger partial charge < -0.3 is 0 Å². The van der Waals surface area contributed by atoms with Gasteiger partial charge in [0.2, 0.25) is 0 Å². The van der Waals surface area contributed by atoms with Crippen molar-refractivity contribution in [3.63, 3.8) is 0 Å². The molecule has 166 valence electrons. The summed E-state index contributed by atoms with van der Waals surface area (Å²) >= 11 is 5.90. The van der Waals surface area contributed by atoms with E-state index in [0.29, 0.717) is 22.5 Å². The number of fused-ring (bicyclic) bond motifs is 1. The fourth-order valence-electron chi connectivity index (χ4n) is 3.31. The van der Waals surface area contributed by atoms with Gasteiger partial charge in [-0.15, -0.1) is 5.10 Å². The molecule has 32 heavy (non-hydrogen) atoms. The second kappa shape index (κ2) is 8.05. The maximum Gasteiger partial charge on any atom is 0.416 e. The average molecular weight is 472 g/mol. The van der Waals surface area contributed by atoms with Crippen LogP contribution in [0.2, 0.25) is 5.02 Å². The number of benzene rings is 2. The van der Waals surface area contributed by atoms with Crippen LogP contribution in [0.15, 0.2) is 54.9 Å². The highest BCUT2D eigenvalue weighted by Gasteiger charge is 2.46. The Bertz CT molecular complexity index is 1260. The molecule has 5 nitrogen and oxygen atoms in total. The summed E-state index contributed by atoms with van der Waals surface area (Å²) in [5, 5.41) is 11.1. The Morgan fingerprint density at radius 2 is 1.75 bits per heavy atom. The first-order valence-corrected chi connectivity index (χ1v) is 9.45. The molecule has 0 saturated carbocycles. The average Bonchev–Trinajstić information content (AvgIpc) is 3.24.